The number of ether oxygens (including phenoxy) is 2. The first-order chi connectivity index (χ1) is 18.8. The number of carbonyl (C=O) groups is 3. The Labute approximate surface area is 231 Å². The van der Waals surface area contributed by atoms with Crippen LogP contribution in [0.2, 0.25) is 0 Å². The van der Waals surface area contributed by atoms with Crippen molar-refractivity contribution < 1.29 is 48.7 Å². The monoisotopic (exact) mass is 566 g/mol. The normalized spacial score (nSPS) is 22.6. The Morgan fingerprint density at radius 2 is 1.73 bits per heavy atom. The van der Waals surface area contributed by atoms with Gasteiger partial charge in [-0.2, -0.15) is 0 Å². The van der Waals surface area contributed by atoms with Crippen LogP contribution in [0.3, 0.4) is 0 Å². The van der Waals surface area contributed by atoms with E-state index in [2.05, 4.69) is 24.0 Å². The summed E-state index contributed by atoms with van der Waals surface area (Å²) in [5.74, 6) is -5.19. The summed E-state index contributed by atoms with van der Waals surface area (Å²) in [6.45, 7) is 1.53. The van der Waals surface area contributed by atoms with E-state index in [1.54, 1.807) is 13.2 Å². The molecule has 1 aliphatic heterocycles. The summed E-state index contributed by atoms with van der Waals surface area (Å²) in [4.78, 5) is 36.5. The molecule has 5 N–H and O–H groups in total. The first-order valence-corrected chi connectivity index (χ1v) is 13.3. The van der Waals surface area contributed by atoms with E-state index in [4.69, 9.17) is 29.9 Å². The minimum atomic E-state index is -2.74. The van der Waals surface area contributed by atoms with Crippen LogP contribution in [0.15, 0.2) is 18.2 Å². The summed E-state index contributed by atoms with van der Waals surface area (Å²) in [6, 6.07) is 5.06. The molecule has 2 aliphatic rings. The molecule has 40 heavy (non-hydrogen) atoms. The second-order valence-corrected chi connectivity index (χ2v) is 11.0. The van der Waals surface area contributed by atoms with Gasteiger partial charge in [0.05, 0.1) is 25.1 Å². The van der Waals surface area contributed by atoms with Gasteiger partial charge in [-0.05, 0) is 82.8 Å². The van der Waals surface area contributed by atoms with E-state index in [0.717, 1.165) is 69.1 Å². The number of carboxylic acid groups (broad SMARTS) is 3. The van der Waals surface area contributed by atoms with Crippen molar-refractivity contribution >= 4 is 28.8 Å². The fourth-order valence-corrected chi connectivity index (χ4v) is 5.98. The van der Waals surface area contributed by atoms with Crippen LogP contribution in [0.5, 0.6) is 0 Å². The smallest absolute Gasteiger partial charge is 0.336 e. The van der Waals surface area contributed by atoms with E-state index in [0.29, 0.717) is 0 Å². The van der Waals surface area contributed by atoms with E-state index in [-0.39, 0.29) is 17.0 Å². The number of H-pyrrole nitrogens is 1. The number of nitrogens with one attached hydrogen (secondary N) is 1. The Morgan fingerprint density at radius 1 is 1.10 bits per heavy atom. The maximum absolute atomic E-state index is 13.8. The fraction of sp³-hybridized carbons (Fsp3) is 0.607. The molecular formula is C28H39FN2O9. The number of hydrogen-bond acceptors (Lipinski definition) is 7. The molecule has 0 atom stereocenters. The van der Waals surface area contributed by atoms with Crippen molar-refractivity contribution in [1.29, 1.82) is 0 Å². The van der Waals surface area contributed by atoms with Crippen LogP contribution in [0.4, 0.5) is 4.39 Å². The molecule has 11 nitrogen and oxygen atoms in total. The highest BCUT2D eigenvalue weighted by atomic mass is 19.1. The summed E-state index contributed by atoms with van der Waals surface area (Å²) >= 11 is 0. The SMILES string of the molecule is COCCCC1(N(C)C)CCC2(CC1)OCCc1c2[nH]c2ccc(F)cc12.O=C(O)CC(O)(CC(=O)O)C(=O)O. The van der Waals surface area contributed by atoms with Gasteiger partial charge in [-0.3, -0.25) is 9.59 Å². The Hall–Kier alpha value is -3.06. The first-order valence-electron chi connectivity index (χ1n) is 13.3. The molecule has 0 amide bonds. The number of fused-ring (bicyclic) bond motifs is 4. The second kappa shape index (κ2) is 12.6. The van der Waals surface area contributed by atoms with Crippen LogP contribution in [-0.4, -0.2) is 93.8 Å². The molecule has 2 heterocycles. The Morgan fingerprint density at radius 3 is 2.25 bits per heavy atom. The molecule has 4 rings (SSSR count). The second-order valence-electron chi connectivity index (χ2n) is 11.0. The van der Waals surface area contributed by atoms with E-state index in [1.807, 2.05) is 6.07 Å². The molecule has 0 unspecified atom stereocenters. The van der Waals surface area contributed by atoms with Gasteiger partial charge in [0.2, 0.25) is 0 Å². The lowest BCUT2D eigenvalue weighted by Gasteiger charge is -2.50. The van der Waals surface area contributed by atoms with Crippen molar-refractivity contribution in [2.45, 2.75) is 74.5 Å². The number of aliphatic hydroxyl groups is 1. The van der Waals surface area contributed by atoms with Gasteiger partial charge in [0.25, 0.3) is 0 Å². The van der Waals surface area contributed by atoms with E-state index >= 15 is 0 Å². The predicted octanol–water partition coefficient (Wildman–Crippen LogP) is 3.13. The summed E-state index contributed by atoms with van der Waals surface area (Å²) < 4.78 is 25.5. The number of aliphatic carboxylic acids is 3. The number of halogens is 1. The van der Waals surface area contributed by atoms with Gasteiger partial charge in [-0.15, -0.1) is 0 Å². The van der Waals surface area contributed by atoms with Crippen molar-refractivity contribution in [2.75, 3.05) is 34.4 Å². The third-order valence-corrected chi connectivity index (χ3v) is 8.27. The molecule has 2 aromatic rings. The van der Waals surface area contributed by atoms with Gasteiger partial charge < -0.3 is 39.8 Å². The van der Waals surface area contributed by atoms with Crippen molar-refractivity contribution in [3.8, 4) is 0 Å². The zero-order valence-electron chi connectivity index (χ0n) is 23.2. The highest BCUT2D eigenvalue weighted by Gasteiger charge is 2.48. The number of carboxylic acids is 3. The Kier molecular flexibility index (Phi) is 9.94. The minimum Gasteiger partial charge on any atom is -0.481 e. The molecule has 0 radical (unpaired) electrons. The lowest BCUT2D eigenvalue weighted by molar-refractivity contribution is -0.170. The lowest BCUT2D eigenvalue weighted by Crippen LogP contribution is -2.52. The van der Waals surface area contributed by atoms with Gasteiger partial charge >= 0.3 is 17.9 Å². The van der Waals surface area contributed by atoms with Crippen LogP contribution >= 0.6 is 0 Å². The van der Waals surface area contributed by atoms with Gasteiger partial charge in [-0.25, -0.2) is 9.18 Å². The van der Waals surface area contributed by atoms with Crippen molar-refractivity contribution in [3.05, 3.63) is 35.3 Å². The van der Waals surface area contributed by atoms with Crippen LogP contribution in [0, 0.1) is 5.82 Å². The largest absolute Gasteiger partial charge is 0.481 e. The quantitative estimate of drug-likeness (QED) is 0.269. The molecule has 1 aromatic carbocycles. The average molecular weight is 567 g/mol. The topological polar surface area (TPSA) is 170 Å². The van der Waals surface area contributed by atoms with Gasteiger partial charge in [0.15, 0.2) is 5.60 Å². The molecule has 0 bridgehead atoms. The number of methoxy groups -OCH3 is 1. The molecule has 1 aromatic heterocycles. The maximum Gasteiger partial charge on any atom is 0.336 e. The highest BCUT2D eigenvalue weighted by Crippen LogP contribution is 2.50. The standard InChI is InChI=1S/C22H31FN2O2.C6H8O7/c1-25(2)21(8-4-13-26-3)9-11-22(12-10-21)20-17(7-14-27-22)18-15-16(23)5-6-19(18)24-20;7-3(8)1-6(13,5(11)12)2-4(9)10/h5-6,15,24H,4,7-14H2,1-3H3;13H,1-2H2,(H,7,8)(H,9,10)(H,11,12). The summed E-state index contributed by atoms with van der Waals surface area (Å²) in [6.07, 6.45) is 5.01. The van der Waals surface area contributed by atoms with Crippen molar-refractivity contribution in [3.63, 3.8) is 0 Å². The van der Waals surface area contributed by atoms with Crippen LogP contribution in [0.25, 0.3) is 10.9 Å². The van der Waals surface area contributed by atoms with E-state index < -0.39 is 36.4 Å². The Bertz CT molecular complexity index is 1200. The molecule has 1 fully saturated rings. The fourth-order valence-electron chi connectivity index (χ4n) is 5.98. The first kappa shape index (κ1) is 31.5. The molecule has 222 valence electrons. The summed E-state index contributed by atoms with van der Waals surface area (Å²) in [7, 11) is 6.17. The zero-order chi connectivity index (χ0) is 29.7. The Balaban J connectivity index is 0.000000289. The number of benzene rings is 1. The molecule has 1 spiro atoms. The van der Waals surface area contributed by atoms with Crippen LogP contribution < -0.4 is 0 Å². The highest BCUT2D eigenvalue weighted by molar-refractivity contribution is 5.88. The predicted molar refractivity (Wildman–Crippen MR) is 143 cm³/mol. The molecule has 1 aliphatic carbocycles. The van der Waals surface area contributed by atoms with Crippen LogP contribution in [-0.2, 0) is 35.9 Å². The average Bonchev–Trinajstić information content (AvgIpc) is 3.24. The summed E-state index contributed by atoms with van der Waals surface area (Å²) in [5, 5.41) is 34.8. The molecule has 1 saturated carbocycles. The van der Waals surface area contributed by atoms with Crippen molar-refractivity contribution in [1.82, 2.24) is 9.88 Å². The summed E-state index contributed by atoms with van der Waals surface area (Å²) in [5.41, 5.74) is 0.701. The number of rotatable bonds is 10. The van der Waals surface area contributed by atoms with Crippen molar-refractivity contribution in [2.24, 2.45) is 0 Å². The van der Waals surface area contributed by atoms with E-state index in [9.17, 15) is 18.8 Å². The molecule has 12 heteroatoms. The van der Waals surface area contributed by atoms with Crippen LogP contribution in [0.1, 0.15) is 62.6 Å². The van der Waals surface area contributed by atoms with Gasteiger partial charge in [0.1, 0.15) is 11.4 Å². The lowest BCUT2D eigenvalue weighted by atomic mass is 9.69. The van der Waals surface area contributed by atoms with E-state index in [1.165, 1.54) is 17.3 Å². The maximum atomic E-state index is 13.8. The zero-order valence-corrected chi connectivity index (χ0v) is 23.2. The molecule has 0 saturated heterocycles. The number of hydrogen-bond donors (Lipinski definition) is 5. The minimum absolute atomic E-state index is 0.168. The molecular weight excluding hydrogens is 527 g/mol. The number of aromatic amines is 1. The van der Waals surface area contributed by atoms with Gasteiger partial charge in [0, 0.05) is 30.2 Å². The van der Waals surface area contributed by atoms with Gasteiger partial charge in [-0.1, -0.05) is 0 Å². The third kappa shape index (κ3) is 6.80. The number of aromatic nitrogens is 1. The number of nitrogens with zero attached hydrogens (tertiary/aromatic N) is 1. The third-order valence-electron chi connectivity index (χ3n) is 8.27.